The third-order valence-electron chi connectivity index (χ3n) is 2.52. The summed E-state index contributed by atoms with van der Waals surface area (Å²) < 4.78 is 50.2. The van der Waals surface area contributed by atoms with Crippen molar-refractivity contribution in [3.63, 3.8) is 0 Å². The Labute approximate surface area is 84.1 Å². The van der Waals surface area contributed by atoms with E-state index in [-0.39, 0.29) is 11.6 Å². The molecule has 1 heterocycles. The number of benzene rings is 1. The largest absolute Gasteiger partial charge is 0.416 e. The standard InChI is InChI=1S/C10H9F4N/c11-8-2-1-6(10(12,13)14)5-7(8)9-3-4-15-9/h1-2,5,9,15H,3-4H2/t9-/m1/s1. The first-order chi connectivity index (χ1) is 6.98. The molecule has 1 nitrogen and oxygen atoms in total. The number of alkyl halides is 3. The predicted molar refractivity (Wildman–Crippen MR) is 46.8 cm³/mol. The molecule has 1 aromatic rings. The van der Waals surface area contributed by atoms with E-state index in [0.717, 1.165) is 24.7 Å². The zero-order chi connectivity index (χ0) is 11.1. The van der Waals surface area contributed by atoms with Crippen molar-refractivity contribution < 1.29 is 17.6 Å². The first kappa shape index (κ1) is 10.4. The highest BCUT2D eigenvalue weighted by atomic mass is 19.4. The van der Waals surface area contributed by atoms with Gasteiger partial charge in [-0.25, -0.2) is 4.39 Å². The summed E-state index contributed by atoms with van der Waals surface area (Å²) in [6, 6.07) is 2.24. The molecule has 0 radical (unpaired) electrons. The molecule has 0 amide bonds. The predicted octanol–water partition coefficient (Wildman–Crippen LogP) is 2.88. The van der Waals surface area contributed by atoms with E-state index >= 15 is 0 Å². The summed E-state index contributed by atoms with van der Waals surface area (Å²) in [5.74, 6) is -0.583. The van der Waals surface area contributed by atoms with Crippen molar-refractivity contribution in [3.8, 4) is 0 Å². The second kappa shape index (κ2) is 3.48. The monoisotopic (exact) mass is 219 g/mol. The molecule has 0 aliphatic carbocycles. The minimum Gasteiger partial charge on any atom is -0.310 e. The summed E-state index contributed by atoms with van der Waals surface area (Å²) in [6.45, 7) is 0.723. The quantitative estimate of drug-likeness (QED) is 0.716. The van der Waals surface area contributed by atoms with Gasteiger partial charge in [0.15, 0.2) is 0 Å². The first-order valence-electron chi connectivity index (χ1n) is 4.58. The van der Waals surface area contributed by atoms with Crippen molar-refractivity contribution in [2.45, 2.75) is 18.6 Å². The third kappa shape index (κ3) is 1.97. The highest BCUT2D eigenvalue weighted by Crippen LogP contribution is 2.33. The Bertz CT molecular complexity index is 368. The van der Waals surface area contributed by atoms with Gasteiger partial charge >= 0.3 is 6.18 Å². The summed E-state index contributed by atoms with van der Waals surface area (Å²) in [5, 5.41) is 2.87. The molecule has 82 valence electrons. The molecule has 15 heavy (non-hydrogen) atoms. The van der Waals surface area contributed by atoms with Crippen LogP contribution in [0.4, 0.5) is 17.6 Å². The Morgan fingerprint density at radius 1 is 1.27 bits per heavy atom. The lowest BCUT2D eigenvalue weighted by Crippen LogP contribution is -2.35. The van der Waals surface area contributed by atoms with Gasteiger partial charge in [-0.2, -0.15) is 13.2 Å². The second-order valence-corrected chi connectivity index (χ2v) is 3.53. The highest BCUT2D eigenvalue weighted by molar-refractivity contribution is 5.30. The van der Waals surface area contributed by atoms with Gasteiger partial charge in [-0.3, -0.25) is 0 Å². The van der Waals surface area contributed by atoms with Crippen LogP contribution in [-0.4, -0.2) is 6.54 Å². The van der Waals surface area contributed by atoms with Gasteiger partial charge in [-0.1, -0.05) is 0 Å². The highest BCUT2D eigenvalue weighted by Gasteiger charge is 2.32. The van der Waals surface area contributed by atoms with Gasteiger partial charge < -0.3 is 5.32 Å². The van der Waals surface area contributed by atoms with Gasteiger partial charge in [-0.05, 0) is 31.2 Å². The van der Waals surface area contributed by atoms with Gasteiger partial charge in [0.1, 0.15) is 5.82 Å². The van der Waals surface area contributed by atoms with Crippen LogP contribution in [0.2, 0.25) is 0 Å². The van der Waals surface area contributed by atoms with Crippen molar-refractivity contribution in [2.24, 2.45) is 0 Å². The van der Waals surface area contributed by atoms with Crippen molar-refractivity contribution in [3.05, 3.63) is 35.1 Å². The topological polar surface area (TPSA) is 12.0 Å². The molecule has 5 heteroatoms. The summed E-state index contributed by atoms with van der Waals surface area (Å²) in [5.41, 5.74) is -0.691. The van der Waals surface area contributed by atoms with Crippen molar-refractivity contribution >= 4 is 0 Å². The maximum absolute atomic E-state index is 13.2. The first-order valence-corrected chi connectivity index (χ1v) is 4.58. The van der Waals surface area contributed by atoms with Gasteiger partial charge in [0, 0.05) is 11.6 Å². The average Bonchev–Trinajstić information content (AvgIpc) is 2.03. The Balaban J connectivity index is 2.36. The maximum atomic E-state index is 13.2. The summed E-state index contributed by atoms with van der Waals surface area (Å²) in [7, 11) is 0. The van der Waals surface area contributed by atoms with Crippen molar-refractivity contribution in [2.75, 3.05) is 6.54 Å². The SMILES string of the molecule is Fc1ccc(C(F)(F)F)cc1[C@H]1CCN1. The van der Waals surface area contributed by atoms with Crippen LogP contribution >= 0.6 is 0 Å². The molecule has 0 spiro atoms. The van der Waals surface area contributed by atoms with E-state index in [0.29, 0.717) is 6.42 Å². The molecule has 1 atom stereocenters. The maximum Gasteiger partial charge on any atom is 0.416 e. The molecule has 1 fully saturated rings. The van der Waals surface area contributed by atoms with Crippen LogP contribution in [0.15, 0.2) is 18.2 Å². The number of nitrogens with one attached hydrogen (secondary N) is 1. The number of rotatable bonds is 1. The fourth-order valence-corrected chi connectivity index (χ4v) is 1.54. The van der Waals surface area contributed by atoms with E-state index in [1.165, 1.54) is 0 Å². The van der Waals surface area contributed by atoms with E-state index in [2.05, 4.69) is 5.32 Å². The molecule has 0 unspecified atom stereocenters. The lowest BCUT2D eigenvalue weighted by Gasteiger charge is -2.28. The van der Waals surface area contributed by atoms with Crippen molar-refractivity contribution in [1.29, 1.82) is 0 Å². The number of halogens is 4. The van der Waals surface area contributed by atoms with Crippen molar-refractivity contribution in [1.82, 2.24) is 5.32 Å². The Morgan fingerprint density at radius 2 is 1.93 bits per heavy atom. The van der Waals surface area contributed by atoms with E-state index in [9.17, 15) is 17.6 Å². The van der Waals surface area contributed by atoms with Crippen LogP contribution in [0.1, 0.15) is 23.6 Å². The molecular weight excluding hydrogens is 210 g/mol. The minimum atomic E-state index is -4.41. The van der Waals surface area contributed by atoms with Crippen LogP contribution in [0.5, 0.6) is 0 Å². The van der Waals surface area contributed by atoms with Gasteiger partial charge in [-0.15, -0.1) is 0 Å². The third-order valence-corrected chi connectivity index (χ3v) is 2.52. The van der Waals surface area contributed by atoms with Crippen LogP contribution < -0.4 is 5.32 Å². The molecule has 0 bridgehead atoms. The van der Waals surface area contributed by atoms with E-state index in [1.807, 2.05) is 0 Å². The smallest absolute Gasteiger partial charge is 0.310 e. The second-order valence-electron chi connectivity index (χ2n) is 3.53. The van der Waals surface area contributed by atoms with E-state index in [1.54, 1.807) is 0 Å². The zero-order valence-electron chi connectivity index (χ0n) is 7.74. The Hall–Kier alpha value is -1.10. The fraction of sp³-hybridized carbons (Fsp3) is 0.400. The lowest BCUT2D eigenvalue weighted by atomic mass is 9.96. The molecule has 1 aromatic carbocycles. The Kier molecular flexibility index (Phi) is 2.42. The average molecular weight is 219 g/mol. The molecule has 2 rings (SSSR count). The summed E-state index contributed by atoms with van der Waals surface area (Å²) >= 11 is 0. The van der Waals surface area contributed by atoms with Crippen LogP contribution in [0.25, 0.3) is 0 Å². The molecule has 1 N–H and O–H groups in total. The van der Waals surface area contributed by atoms with Gasteiger partial charge in [0.25, 0.3) is 0 Å². The molecule has 0 aromatic heterocycles. The lowest BCUT2D eigenvalue weighted by molar-refractivity contribution is -0.137. The molecule has 1 saturated heterocycles. The number of hydrogen-bond acceptors (Lipinski definition) is 1. The van der Waals surface area contributed by atoms with Crippen LogP contribution in [-0.2, 0) is 6.18 Å². The summed E-state index contributed by atoms with van der Waals surface area (Å²) in [6.07, 6.45) is -3.73. The number of hydrogen-bond donors (Lipinski definition) is 1. The fourth-order valence-electron chi connectivity index (χ4n) is 1.54. The minimum absolute atomic E-state index is 0.107. The zero-order valence-corrected chi connectivity index (χ0v) is 7.74. The van der Waals surface area contributed by atoms with Gasteiger partial charge in [0.05, 0.1) is 5.56 Å². The van der Waals surface area contributed by atoms with Gasteiger partial charge in [0.2, 0.25) is 0 Å². The normalized spacial score (nSPS) is 21.2. The van der Waals surface area contributed by atoms with Crippen LogP contribution in [0.3, 0.4) is 0 Å². The van der Waals surface area contributed by atoms with E-state index < -0.39 is 17.6 Å². The summed E-state index contributed by atoms with van der Waals surface area (Å²) in [4.78, 5) is 0. The molecule has 1 aliphatic heterocycles. The molecule has 1 aliphatic rings. The van der Waals surface area contributed by atoms with E-state index in [4.69, 9.17) is 0 Å². The molecule has 0 saturated carbocycles. The Morgan fingerprint density at radius 3 is 2.40 bits per heavy atom. The van der Waals surface area contributed by atoms with Crippen LogP contribution in [0, 0.1) is 5.82 Å². The molecular formula is C10H9F4N.